The molecule has 30 heavy (non-hydrogen) atoms. The molecule has 1 aromatic carbocycles. The van der Waals surface area contributed by atoms with Crippen LogP contribution in [0, 0.1) is 4.77 Å². The van der Waals surface area contributed by atoms with Gasteiger partial charge in [0, 0.05) is 56.7 Å². The largest absolute Gasteiger partial charge is 0.339 e. The van der Waals surface area contributed by atoms with Crippen LogP contribution in [0.1, 0.15) is 33.1 Å². The molecule has 3 rings (SSSR count). The Morgan fingerprint density at radius 1 is 1.07 bits per heavy atom. The van der Waals surface area contributed by atoms with Crippen molar-refractivity contribution in [1.29, 1.82) is 0 Å². The lowest BCUT2D eigenvalue weighted by Crippen LogP contribution is -2.50. The third kappa shape index (κ3) is 5.29. The predicted octanol–water partition coefficient (Wildman–Crippen LogP) is 3.62. The molecule has 1 aliphatic heterocycles. The van der Waals surface area contributed by atoms with Crippen LogP contribution in [0.5, 0.6) is 0 Å². The summed E-state index contributed by atoms with van der Waals surface area (Å²) < 4.78 is 4.42. The molecule has 0 aliphatic carbocycles. The summed E-state index contributed by atoms with van der Waals surface area (Å²) >= 11 is 11.7. The number of hydrogen-bond donors (Lipinski definition) is 0. The van der Waals surface area contributed by atoms with E-state index in [9.17, 15) is 9.59 Å². The van der Waals surface area contributed by atoms with Gasteiger partial charge in [-0.15, -0.1) is 0 Å². The van der Waals surface area contributed by atoms with Gasteiger partial charge in [-0.1, -0.05) is 24.9 Å². The van der Waals surface area contributed by atoms with Gasteiger partial charge in [-0.2, -0.15) is 5.10 Å². The SMILES string of the molecule is CCCCn1c(-c2ccc(Cl)cc2)nn(CCC(=O)N2CCN(C(C)=O)CC2)c1=S. The zero-order valence-electron chi connectivity index (χ0n) is 17.5. The Bertz CT molecular complexity index is 945. The van der Waals surface area contributed by atoms with Crippen LogP contribution in [0.4, 0.5) is 0 Å². The fourth-order valence-electron chi connectivity index (χ4n) is 3.55. The van der Waals surface area contributed by atoms with Crippen LogP contribution in [-0.2, 0) is 22.7 Å². The third-order valence-corrected chi connectivity index (χ3v) is 6.06. The highest BCUT2D eigenvalue weighted by Gasteiger charge is 2.22. The molecule has 2 heterocycles. The lowest BCUT2D eigenvalue weighted by molar-refractivity contribution is -0.138. The molecule has 0 radical (unpaired) electrons. The van der Waals surface area contributed by atoms with Gasteiger partial charge in [0.1, 0.15) is 0 Å². The van der Waals surface area contributed by atoms with Gasteiger partial charge < -0.3 is 9.80 Å². The molecule has 2 aromatic rings. The Hall–Kier alpha value is -2.19. The summed E-state index contributed by atoms with van der Waals surface area (Å²) in [6.45, 7) is 7.25. The zero-order valence-corrected chi connectivity index (χ0v) is 19.1. The van der Waals surface area contributed by atoms with Gasteiger partial charge in [0.2, 0.25) is 11.8 Å². The van der Waals surface area contributed by atoms with E-state index in [1.54, 1.807) is 16.5 Å². The molecular formula is C21H28ClN5O2S. The number of aryl methyl sites for hydroxylation is 1. The van der Waals surface area contributed by atoms with E-state index in [0.717, 1.165) is 30.8 Å². The van der Waals surface area contributed by atoms with Crippen LogP contribution in [0.15, 0.2) is 24.3 Å². The summed E-state index contributed by atoms with van der Waals surface area (Å²) in [4.78, 5) is 27.7. The molecule has 0 spiro atoms. The fraction of sp³-hybridized carbons (Fsp3) is 0.524. The van der Waals surface area contributed by atoms with Crippen LogP contribution in [0.2, 0.25) is 5.02 Å². The first-order valence-electron chi connectivity index (χ1n) is 10.4. The quantitative estimate of drug-likeness (QED) is 0.605. The van der Waals surface area contributed by atoms with Crippen molar-refractivity contribution in [3.8, 4) is 11.4 Å². The van der Waals surface area contributed by atoms with E-state index in [0.29, 0.717) is 48.9 Å². The number of aromatic nitrogens is 3. The summed E-state index contributed by atoms with van der Waals surface area (Å²) in [5, 5.41) is 5.40. The summed E-state index contributed by atoms with van der Waals surface area (Å²) in [5.41, 5.74) is 0.951. The van der Waals surface area contributed by atoms with Crippen molar-refractivity contribution in [1.82, 2.24) is 24.1 Å². The molecule has 0 unspecified atom stereocenters. The van der Waals surface area contributed by atoms with Crippen molar-refractivity contribution in [2.24, 2.45) is 0 Å². The Kier molecular flexibility index (Phi) is 7.66. The van der Waals surface area contributed by atoms with Crippen LogP contribution < -0.4 is 0 Å². The van der Waals surface area contributed by atoms with E-state index in [4.69, 9.17) is 28.9 Å². The molecule has 1 fully saturated rings. The highest BCUT2D eigenvalue weighted by atomic mass is 35.5. The summed E-state index contributed by atoms with van der Waals surface area (Å²) in [6, 6.07) is 7.55. The lowest BCUT2D eigenvalue weighted by atomic mass is 10.2. The van der Waals surface area contributed by atoms with Crippen molar-refractivity contribution >= 4 is 35.6 Å². The predicted molar refractivity (Wildman–Crippen MR) is 120 cm³/mol. The molecule has 2 amide bonds. The highest BCUT2D eigenvalue weighted by Crippen LogP contribution is 2.21. The van der Waals surface area contributed by atoms with Gasteiger partial charge in [0.15, 0.2) is 10.6 Å². The van der Waals surface area contributed by atoms with Gasteiger partial charge in [-0.25, -0.2) is 4.68 Å². The molecular weight excluding hydrogens is 422 g/mol. The molecule has 7 nitrogen and oxygen atoms in total. The number of halogens is 1. The van der Waals surface area contributed by atoms with Crippen molar-refractivity contribution in [3.63, 3.8) is 0 Å². The molecule has 1 saturated heterocycles. The number of amides is 2. The van der Waals surface area contributed by atoms with E-state index in [-0.39, 0.29) is 11.8 Å². The van der Waals surface area contributed by atoms with E-state index in [1.165, 1.54) is 0 Å². The minimum Gasteiger partial charge on any atom is -0.339 e. The molecule has 162 valence electrons. The zero-order chi connectivity index (χ0) is 21.7. The second-order valence-corrected chi connectivity index (χ2v) is 8.28. The van der Waals surface area contributed by atoms with Gasteiger partial charge in [-0.05, 0) is 42.9 Å². The number of hydrogen-bond acceptors (Lipinski definition) is 4. The molecule has 0 saturated carbocycles. The van der Waals surface area contributed by atoms with Crippen molar-refractivity contribution in [2.75, 3.05) is 26.2 Å². The first-order chi connectivity index (χ1) is 14.4. The number of piperazine rings is 1. The maximum Gasteiger partial charge on any atom is 0.224 e. The number of carbonyl (C=O) groups is 2. The number of carbonyl (C=O) groups excluding carboxylic acids is 2. The first-order valence-corrected chi connectivity index (χ1v) is 11.2. The molecule has 0 bridgehead atoms. The summed E-state index contributed by atoms with van der Waals surface area (Å²) in [5.74, 6) is 0.921. The maximum atomic E-state index is 12.7. The van der Waals surface area contributed by atoms with Gasteiger partial charge in [0.05, 0.1) is 6.54 Å². The molecule has 1 aromatic heterocycles. The first kappa shape index (κ1) is 22.5. The van der Waals surface area contributed by atoms with E-state index in [2.05, 4.69) is 6.92 Å². The van der Waals surface area contributed by atoms with Crippen LogP contribution in [0.3, 0.4) is 0 Å². The second kappa shape index (κ2) is 10.2. The van der Waals surface area contributed by atoms with Gasteiger partial charge in [0.25, 0.3) is 0 Å². The Labute approximate surface area is 187 Å². The molecule has 0 N–H and O–H groups in total. The summed E-state index contributed by atoms with van der Waals surface area (Å²) in [7, 11) is 0. The van der Waals surface area contributed by atoms with Crippen LogP contribution >= 0.6 is 23.8 Å². The highest BCUT2D eigenvalue weighted by molar-refractivity contribution is 7.71. The number of benzene rings is 1. The topological polar surface area (TPSA) is 63.4 Å². The number of rotatable bonds is 7. The van der Waals surface area contributed by atoms with Crippen molar-refractivity contribution in [2.45, 2.75) is 46.2 Å². The van der Waals surface area contributed by atoms with E-state index < -0.39 is 0 Å². The monoisotopic (exact) mass is 449 g/mol. The van der Waals surface area contributed by atoms with Crippen molar-refractivity contribution in [3.05, 3.63) is 34.1 Å². The maximum absolute atomic E-state index is 12.7. The Balaban J connectivity index is 1.71. The van der Waals surface area contributed by atoms with E-state index >= 15 is 0 Å². The van der Waals surface area contributed by atoms with E-state index in [1.807, 2.05) is 33.7 Å². The molecule has 0 atom stereocenters. The normalized spacial score (nSPS) is 14.2. The van der Waals surface area contributed by atoms with Gasteiger partial charge in [-0.3, -0.25) is 14.2 Å². The van der Waals surface area contributed by atoms with Crippen LogP contribution in [-0.4, -0.2) is 62.1 Å². The molecule has 1 aliphatic rings. The second-order valence-electron chi connectivity index (χ2n) is 7.48. The van der Waals surface area contributed by atoms with Crippen LogP contribution in [0.25, 0.3) is 11.4 Å². The lowest BCUT2D eigenvalue weighted by Gasteiger charge is -2.34. The smallest absolute Gasteiger partial charge is 0.224 e. The van der Waals surface area contributed by atoms with Gasteiger partial charge >= 0.3 is 0 Å². The Morgan fingerprint density at radius 3 is 2.30 bits per heavy atom. The average molecular weight is 450 g/mol. The third-order valence-electron chi connectivity index (χ3n) is 5.38. The standard InChI is InChI=1S/C21H28ClN5O2S/c1-3-4-10-26-20(17-5-7-18(22)8-6-17)23-27(21(26)30)11-9-19(29)25-14-12-24(13-15-25)16(2)28/h5-8H,3-4,9-15H2,1-2H3. The average Bonchev–Trinajstić information content (AvgIpc) is 3.06. The molecule has 9 heteroatoms. The minimum atomic E-state index is 0.0563. The number of nitrogens with zero attached hydrogens (tertiary/aromatic N) is 5. The Morgan fingerprint density at radius 2 is 1.70 bits per heavy atom. The van der Waals surface area contributed by atoms with Crippen molar-refractivity contribution < 1.29 is 9.59 Å². The number of unbranched alkanes of at least 4 members (excludes halogenated alkanes) is 1. The minimum absolute atomic E-state index is 0.0563. The fourth-order valence-corrected chi connectivity index (χ4v) is 3.98. The summed E-state index contributed by atoms with van der Waals surface area (Å²) in [6.07, 6.45) is 2.39.